The summed E-state index contributed by atoms with van der Waals surface area (Å²) >= 11 is 3.34. The van der Waals surface area contributed by atoms with Crippen LogP contribution < -0.4 is 10.6 Å². The van der Waals surface area contributed by atoms with Crippen molar-refractivity contribution in [1.29, 1.82) is 0 Å². The third-order valence-corrected chi connectivity index (χ3v) is 7.60. The molecule has 0 fully saturated rings. The van der Waals surface area contributed by atoms with E-state index in [9.17, 15) is 8.42 Å². The first kappa shape index (κ1) is 20.9. The monoisotopic (exact) mass is 485 g/mol. The molecule has 1 aliphatic heterocycles. The fraction of sp³-hybridized carbons (Fsp3) is 0.217. The van der Waals surface area contributed by atoms with Gasteiger partial charge in [-0.1, -0.05) is 52.3 Å². The smallest absolute Gasteiger partial charge is 0.243 e. The molecule has 0 unspecified atom stereocenters. The molecule has 0 saturated carbocycles. The van der Waals surface area contributed by atoms with Crippen LogP contribution in [0.4, 0.5) is 11.4 Å². The van der Waals surface area contributed by atoms with E-state index < -0.39 is 10.0 Å². The molecule has 0 spiro atoms. The van der Waals surface area contributed by atoms with Crippen LogP contribution in [-0.4, -0.2) is 25.4 Å². The van der Waals surface area contributed by atoms with E-state index in [2.05, 4.69) is 57.8 Å². The molecule has 3 aromatic carbocycles. The van der Waals surface area contributed by atoms with E-state index in [1.165, 1.54) is 9.87 Å². The predicted octanol–water partition coefficient (Wildman–Crippen LogP) is 5.07. The Kier molecular flexibility index (Phi) is 5.61. The molecule has 0 radical (unpaired) electrons. The molecule has 0 amide bonds. The molecule has 7 heteroatoms. The maximum Gasteiger partial charge on any atom is 0.243 e. The Labute approximate surface area is 186 Å². The zero-order valence-electron chi connectivity index (χ0n) is 16.9. The summed E-state index contributed by atoms with van der Waals surface area (Å²) in [5.41, 5.74) is 4.08. The highest BCUT2D eigenvalue weighted by molar-refractivity contribution is 9.10. The summed E-state index contributed by atoms with van der Waals surface area (Å²) in [6, 6.07) is 23.0. The van der Waals surface area contributed by atoms with Crippen molar-refractivity contribution in [3.8, 4) is 0 Å². The van der Waals surface area contributed by atoms with Gasteiger partial charge in [0.1, 0.15) is 5.66 Å². The summed E-state index contributed by atoms with van der Waals surface area (Å²) in [6.45, 7) is 2.46. The van der Waals surface area contributed by atoms with Gasteiger partial charge in [0.05, 0.1) is 16.3 Å². The van der Waals surface area contributed by atoms with E-state index >= 15 is 0 Å². The summed E-state index contributed by atoms with van der Waals surface area (Å²) < 4.78 is 27.8. The van der Waals surface area contributed by atoms with E-state index in [0.29, 0.717) is 6.54 Å². The topological polar surface area (TPSA) is 61.4 Å². The maximum absolute atomic E-state index is 12.8. The highest BCUT2D eigenvalue weighted by atomic mass is 79.9. The van der Waals surface area contributed by atoms with Crippen molar-refractivity contribution in [1.82, 2.24) is 4.31 Å². The predicted molar refractivity (Wildman–Crippen MR) is 125 cm³/mol. The molecule has 1 heterocycles. The summed E-state index contributed by atoms with van der Waals surface area (Å²) in [7, 11) is -1.92. The minimum Gasteiger partial charge on any atom is -0.361 e. The molecule has 2 N–H and O–H groups in total. The molecular weight excluding hydrogens is 462 g/mol. The average molecular weight is 486 g/mol. The van der Waals surface area contributed by atoms with Crippen molar-refractivity contribution in [2.24, 2.45) is 0 Å². The van der Waals surface area contributed by atoms with Crippen molar-refractivity contribution in [2.75, 3.05) is 17.7 Å². The number of fused-ring (bicyclic) bond motifs is 1. The Balaban J connectivity index is 1.42. The summed E-state index contributed by atoms with van der Waals surface area (Å²) in [5.74, 6) is 0. The third-order valence-electron chi connectivity index (χ3n) is 5.26. The Morgan fingerprint density at radius 3 is 1.97 bits per heavy atom. The second-order valence-electron chi connectivity index (χ2n) is 7.84. The first-order chi connectivity index (χ1) is 14.2. The van der Waals surface area contributed by atoms with E-state index in [0.717, 1.165) is 27.8 Å². The molecule has 3 aromatic rings. The number of sulfonamides is 1. The van der Waals surface area contributed by atoms with E-state index in [1.807, 2.05) is 24.3 Å². The van der Waals surface area contributed by atoms with E-state index in [-0.39, 0.29) is 10.6 Å². The lowest BCUT2D eigenvalue weighted by molar-refractivity contribution is 0.466. The fourth-order valence-electron chi connectivity index (χ4n) is 3.71. The Bertz CT molecular complexity index is 1120. The van der Waals surface area contributed by atoms with Crippen LogP contribution in [0.3, 0.4) is 0 Å². The number of para-hydroxylation sites is 2. The standard InChI is InChI=1S/C23H24BrN3O2S/c1-23(25-21-5-3-4-6-22(21)26-23)15-17-7-9-18(10-8-17)16-27(2)30(28,29)20-13-11-19(24)12-14-20/h3-14,25-26H,15-16H2,1-2H3. The summed E-state index contributed by atoms with van der Waals surface area (Å²) in [5, 5.41) is 7.09. The minimum atomic E-state index is -3.53. The largest absolute Gasteiger partial charge is 0.361 e. The van der Waals surface area contributed by atoms with Crippen LogP contribution in [0.2, 0.25) is 0 Å². The SMILES string of the molecule is CN(Cc1ccc(CC2(C)Nc3ccccc3N2)cc1)S(=O)(=O)c1ccc(Br)cc1. The van der Waals surface area contributed by atoms with Crippen LogP contribution in [0, 0.1) is 0 Å². The van der Waals surface area contributed by atoms with Crippen molar-refractivity contribution >= 4 is 37.3 Å². The van der Waals surface area contributed by atoms with Gasteiger partial charge in [0.15, 0.2) is 0 Å². The summed E-state index contributed by atoms with van der Waals surface area (Å²) in [6.07, 6.45) is 0.801. The van der Waals surface area contributed by atoms with Gasteiger partial charge < -0.3 is 10.6 Å². The molecule has 0 atom stereocenters. The minimum absolute atomic E-state index is 0.257. The lowest BCUT2D eigenvalue weighted by Gasteiger charge is -2.26. The molecule has 0 bridgehead atoms. The molecule has 0 aromatic heterocycles. The van der Waals surface area contributed by atoms with Gasteiger partial charge in [0.2, 0.25) is 10.0 Å². The van der Waals surface area contributed by atoms with Crippen molar-refractivity contribution in [2.45, 2.75) is 30.4 Å². The van der Waals surface area contributed by atoms with Gasteiger partial charge in [0.25, 0.3) is 0 Å². The van der Waals surface area contributed by atoms with E-state index in [4.69, 9.17) is 0 Å². The Morgan fingerprint density at radius 1 is 0.867 bits per heavy atom. The van der Waals surface area contributed by atoms with E-state index in [1.54, 1.807) is 31.3 Å². The van der Waals surface area contributed by atoms with Gasteiger partial charge >= 0.3 is 0 Å². The number of hydrogen-bond donors (Lipinski definition) is 2. The lowest BCUT2D eigenvalue weighted by Crippen LogP contribution is -2.40. The highest BCUT2D eigenvalue weighted by Gasteiger charge is 2.31. The molecular formula is C23H24BrN3O2S. The number of hydrogen-bond acceptors (Lipinski definition) is 4. The molecule has 5 nitrogen and oxygen atoms in total. The Morgan fingerprint density at radius 2 is 1.40 bits per heavy atom. The zero-order chi connectivity index (χ0) is 21.4. The van der Waals surface area contributed by atoms with Crippen molar-refractivity contribution in [3.63, 3.8) is 0 Å². The van der Waals surface area contributed by atoms with Crippen molar-refractivity contribution in [3.05, 3.63) is 88.4 Å². The number of anilines is 2. The number of benzene rings is 3. The second-order valence-corrected chi connectivity index (χ2v) is 10.8. The van der Waals surface area contributed by atoms with Crippen LogP contribution >= 0.6 is 15.9 Å². The van der Waals surface area contributed by atoms with Crippen LogP contribution in [0.15, 0.2) is 82.2 Å². The van der Waals surface area contributed by atoms with Crippen LogP contribution in [0.5, 0.6) is 0 Å². The molecule has 0 aliphatic carbocycles. The average Bonchev–Trinajstić information content (AvgIpc) is 3.05. The normalized spacial score (nSPS) is 14.8. The van der Waals surface area contributed by atoms with Gasteiger partial charge in [-0.05, 0) is 54.4 Å². The van der Waals surface area contributed by atoms with Crippen molar-refractivity contribution < 1.29 is 8.42 Å². The lowest BCUT2D eigenvalue weighted by atomic mass is 10.0. The third kappa shape index (κ3) is 4.38. The maximum atomic E-state index is 12.8. The van der Waals surface area contributed by atoms with Gasteiger partial charge in [-0.15, -0.1) is 0 Å². The first-order valence-corrected chi connectivity index (χ1v) is 11.9. The molecule has 4 rings (SSSR count). The summed E-state index contributed by atoms with van der Waals surface area (Å²) in [4.78, 5) is 0.288. The van der Waals surface area contributed by atoms with Crippen LogP contribution in [0.25, 0.3) is 0 Å². The first-order valence-electron chi connectivity index (χ1n) is 9.70. The Hall–Kier alpha value is -2.35. The quantitative estimate of drug-likeness (QED) is 0.511. The molecule has 0 saturated heterocycles. The molecule has 1 aliphatic rings. The van der Waals surface area contributed by atoms with Gasteiger partial charge in [-0.3, -0.25) is 0 Å². The zero-order valence-corrected chi connectivity index (χ0v) is 19.3. The van der Waals surface area contributed by atoms with Gasteiger partial charge in [-0.25, -0.2) is 8.42 Å². The fourth-order valence-corrected chi connectivity index (χ4v) is 5.14. The van der Waals surface area contributed by atoms with Gasteiger partial charge in [0, 0.05) is 24.5 Å². The second kappa shape index (κ2) is 8.06. The number of nitrogens with one attached hydrogen (secondary N) is 2. The number of nitrogens with zero attached hydrogens (tertiary/aromatic N) is 1. The molecule has 156 valence electrons. The number of halogens is 1. The van der Waals surface area contributed by atoms with Crippen LogP contribution in [-0.2, 0) is 23.0 Å². The number of rotatable bonds is 6. The highest BCUT2D eigenvalue weighted by Crippen LogP contribution is 2.35. The van der Waals surface area contributed by atoms with Gasteiger partial charge in [-0.2, -0.15) is 4.31 Å². The van der Waals surface area contributed by atoms with Crippen LogP contribution in [0.1, 0.15) is 18.1 Å². The molecule has 30 heavy (non-hydrogen) atoms.